The number of aromatic nitrogens is 1. The number of aromatic amines is 1. The van der Waals surface area contributed by atoms with Gasteiger partial charge in [0.25, 0.3) is 5.92 Å². The van der Waals surface area contributed by atoms with Gasteiger partial charge in [0.2, 0.25) is 0 Å². The highest BCUT2D eigenvalue weighted by molar-refractivity contribution is 5.78. The Bertz CT molecular complexity index is 1320. The summed E-state index contributed by atoms with van der Waals surface area (Å²) in [5, 5.41) is 3.19. The number of fused-ring (bicyclic) bond motifs is 3. The van der Waals surface area contributed by atoms with Crippen LogP contribution in [0.2, 0.25) is 0 Å². The molecule has 0 radical (unpaired) electrons. The average molecular weight is 525 g/mol. The quantitative estimate of drug-likeness (QED) is 0.335. The van der Waals surface area contributed by atoms with Crippen LogP contribution in [0.5, 0.6) is 0 Å². The molecular weight excluding hydrogens is 495 g/mol. The van der Waals surface area contributed by atoms with Crippen LogP contribution in [0.4, 0.5) is 27.6 Å². The second-order valence-electron chi connectivity index (χ2n) is 10.1. The molecule has 2 atom stereocenters. The first kappa shape index (κ1) is 25.7. The molecule has 2 aliphatic rings. The number of benzene rings is 2. The van der Waals surface area contributed by atoms with Gasteiger partial charge in [-0.05, 0) is 50.1 Å². The zero-order valence-corrected chi connectivity index (χ0v) is 20.6. The fourth-order valence-electron chi connectivity index (χ4n) is 5.49. The molecule has 0 amide bonds. The van der Waals surface area contributed by atoms with E-state index in [1.54, 1.807) is 24.0 Å². The number of nitrogens with one attached hydrogen (secondary N) is 2. The highest BCUT2D eigenvalue weighted by Crippen LogP contribution is 2.44. The van der Waals surface area contributed by atoms with Crippen molar-refractivity contribution in [3.05, 3.63) is 63.1 Å². The molecule has 0 aliphatic carbocycles. The number of halogens is 5. The van der Waals surface area contributed by atoms with Crippen LogP contribution < -0.4 is 16.0 Å². The average Bonchev–Trinajstić information content (AvgIpc) is 3.16. The summed E-state index contributed by atoms with van der Waals surface area (Å²) in [5.41, 5.74) is 1.72. The Balaban J connectivity index is 1.53. The first-order valence-electron chi connectivity index (χ1n) is 12.4. The van der Waals surface area contributed by atoms with Crippen molar-refractivity contribution < 1.29 is 26.4 Å². The monoisotopic (exact) mass is 524 g/mol. The van der Waals surface area contributed by atoms with E-state index in [4.69, 9.17) is 4.42 Å². The molecule has 5 rings (SSSR count). The maximum Gasteiger partial charge on any atom is 0.417 e. The third kappa shape index (κ3) is 4.98. The van der Waals surface area contributed by atoms with Crippen molar-refractivity contribution in [2.24, 2.45) is 0 Å². The Hall–Kier alpha value is -2.92. The minimum absolute atomic E-state index is 0.101. The van der Waals surface area contributed by atoms with Crippen LogP contribution in [0, 0.1) is 11.6 Å². The van der Waals surface area contributed by atoms with Gasteiger partial charge in [0.1, 0.15) is 11.6 Å². The molecule has 6 nitrogen and oxygen atoms in total. The first-order chi connectivity index (χ1) is 17.6. The van der Waals surface area contributed by atoms with Crippen molar-refractivity contribution in [1.29, 1.82) is 0 Å². The number of hydrogen-bond acceptors (Lipinski definition) is 5. The molecule has 3 aromatic rings. The molecule has 0 unspecified atom stereocenters. The van der Waals surface area contributed by atoms with E-state index in [9.17, 15) is 18.0 Å². The summed E-state index contributed by atoms with van der Waals surface area (Å²) in [4.78, 5) is 17.6. The van der Waals surface area contributed by atoms with E-state index in [0.717, 1.165) is 6.92 Å². The van der Waals surface area contributed by atoms with Gasteiger partial charge in [0.05, 0.1) is 24.8 Å². The van der Waals surface area contributed by atoms with Gasteiger partial charge in [-0.2, -0.15) is 0 Å². The summed E-state index contributed by atoms with van der Waals surface area (Å²) in [6.45, 7) is 2.95. The van der Waals surface area contributed by atoms with Crippen LogP contribution in [-0.2, 0) is 6.42 Å². The minimum atomic E-state index is -3.11. The van der Waals surface area contributed by atoms with Gasteiger partial charge in [0, 0.05) is 48.9 Å². The molecule has 3 heterocycles. The molecule has 2 aliphatic heterocycles. The fraction of sp³-hybridized carbons (Fsp3) is 0.500. The number of oxazole rings is 1. The fourth-order valence-corrected chi connectivity index (χ4v) is 5.49. The van der Waals surface area contributed by atoms with Gasteiger partial charge in [-0.1, -0.05) is 6.07 Å². The van der Waals surface area contributed by atoms with Gasteiger partial charge in [-0.3, -0.25) is 14.3 Å². The summed E-state index contributed by atoms with van der Waals surface area (Å²) in [6.07, 6.45) is 0.674. The number of rotatable bonds is 8. The van der Waals surface area contributed by atoms with E-state index >= 15 is 8.78 Å². The number of H-pyrrole nitrogens is 1. The molecule has 2 aromatic carbocycles. The molecular formula is C26H29F5N4O2. The zero-order valence-electron chi connectivity index (χ0n) is 20.6. The summed E-state index contributed by atoms with van der Waals surface area (Å²) in [5.74, 6) is -5.45. The predicted octanol–water partition coefficient (Wildman–Crippen LogP) is 4.53. The van der Waals surface area contributed by atoms with Crippen molar-refractivity contribution in [3.8, 4) is 0 Å². The lowest BCUT2D eigenvalue weighted by Crippen LogP contribution is -2.58. The highest BCUT2D eigenvalue weighted by atomic mass is 19.3. The van der Waals surface area contributed by atoms with Crippen molar-refractivity contribution in [2.45, 2.75) is 50.7 Å². The Morgan fingerprint density at radius 3 is 2.54 bits per heavy atom. The lowest BCUT2D eigenvalue weighted by molar-refractivity contribution is -0.0370. The maximum absolute atomic E-state index is 15.7. The summed E-state index contributed by atoms with van der Waals surface area (Å²) in [6, 6.07) is 4.07. The molecule has 1 aromatic heterocycles. The summed E-state index contributed by atoms with van der Waals surface area (Å²) in [7, 11) is 0. The van der Waals surface area contributed by atoms with Gasteiger partial charge in [0.15, 0.2) is 5.58 Å². The predicted molar refractivity (Wildman–Crippen MR) is 130 cm³/mol. The lowest BCUT2D eigenvalue weighted by Gasteiger charge is -2.44. The lowest BCUT2D eigenvalue weighted by atomic mass is 9.83. The SMILES string of the molecule is C[C@@H]1Cc2c(ccc3[nH]c(=O)oc23)[C@@H](c2c(F)cc(N3CC(NCCCF)C3)cc2F)N1CC(C)(F)F. The van der Waals surface area contributed by atoms with Crippen LogP contribution in [0.15, 0.2) is 33.5 Å². The molecule has 37 heavy (non-hydrogen) atoms. The van der Waals surface area contributed by atoms with E-state index < -0.39 is 48.6 Å². The van der Waals surface area contributed by atoms with E-state index in [2.05, 4.69) is 10.3 Å². The largest absolute Gasteiger partial charge is 0.417 e. The van der Waals surface area contributed by atoms with Gasteiger partial charge in [-0.15, -0.1) is 0 Å². The van der Waals surface area contributed by atoms with Gasteiger partial charge >= 0.3 is 5.76 Å². The Labute approximate surface area is 210 Å². The molecule has 0 saturated carbocycles. The molecule has 1 saturated heterocycles. The van der Waals surface area contributed by atoms with E-state index in [0.29, 0.717) is 48.4 Å². The third-order valence-electron chi connectivity index (χ3n) is 7.21. The standard InChI is InChI=1S/C26H29F5N4O2/c1-14-8-18-17(4-5-21-24(18)37-25(36)33-21)23(35(14)13-26(2,30)31)22-19(28)9-16(10-20(22)29)34-11-15(12-34)32-7-3-6-27/h4-5,9-10,14-15,23,32H,3,6-8,11-13H2,1-2H3,(H,33,36)/t14-,23+/m1/s1. The smallest absolute Gasteiger partial charge is 0.408 e. The molecule has 200 valence electrons. The van der Waals surface area contributed by atoms with Crippen LogP contribution in [0.3, 0.4) is 0 Å². The van der Waals surface area contributed by atoms with Crippen LogP contribution in [-0.4, -0.2) is 60.7 Å². The van der Waals surface area contributed by atoms with Crippen LogP contribution in [0.25, 0.3) is 11.1 Å². The number of hydrogen-bond donors (Lipinski definition) is 2. The normalized spacial score (nSPS) is 20.9. The van der Waals surface area contributed by atoms with Crippen molar-refractivity contribution in [3.63, 3.8) is 0 Å². The van der Waals surface area contributed by atoms with Gasteiger partial charge < -0.3 is 14.6 Å². The zero-order chi connectivity index (χ0) is 26.5. The van der Waals surface area contributed by atoms with Crippen molar-refractivity contribution >= 4 is 16.8 Å². The Kier molecular flexibility index (Phi) is 6.78. The molecule has 1 fully saturated rings. The minimum Gasteiger partial charge on any atom is -0.408 e. The number of alkyl halides is 3. The number of anilines is 1. The van der Waals surface area contributed by atoms with Crippen molar-refractivity contribution in [2.75, 3.05) is 37.8 Å². The molecule has 0 spiro atoms. The topological polar surface area (TPSA) is 64.5 Å². The maximum atomic E-state index is 15.7. The Morgan fingerprint density at radius 2 is 1.89 bits per heavy atom. The van der Waals surface area contributed by atoms with E-state index in [1.807, 2.05) is 0 Å². The van der Waals surface area contributed by atoms with E-state index in [1.165, 1.54) is 17.0 Å². The van der Waals surface area contributed by atoms with Gasteiger partial charge in [-0.25, -0.2) is 22.4 Å². The van der Waals surface area contributed by atoms with E-state index in [-0.39, 0.29) is 23.6 Å². The third-order valence-corrected chi connectivity index (χ3v) is 7.21. The second kappa shape index (κ2) is 9.75. The van der Waals surface area contributed by atoms with Crippen LogP contribution in [0.1, 0.15) is 43.0 Å². The highest BCUT2D eigenvalue weighted by Gasteiger charge is 2.42. The summed E-state index contributed by atoms with van der Waals surface area (Å²) < 4.78 is 77.5. The van der Waals surface area contributed by atoms with Crippen LogP contribution >= 0.6 is 0 Å². The second-order valence-corrected chi connectivity index (χ2v) is 10.1. The van der Waals surface area contributed by atoms with Crippen molar-refractivity contribution in [1.82, 2.24) is 15.2 Å². The Morgan fingerprint density at radius 1 is 1.19 bits per heavy atom. The summed E-state index contributed by atoms with van der Waals surface area (Å²) >= 11 is 0. The number of nitrogens with zero attached hydrogens (tertiary/aromatic N) is 2. The molecule has 0 bridgehead atoms. The molecule has 11 heteroatoms. The molecule has 2 N–H and O–H groups in total. The first-order valence-corrected chi connectivity index (χ1v) is 12.4.